The molecule has 1 heterocycles. The average molecular weight is 384 g/mol. The fourth-order valence-corrected chi connectivity index (χ4v) is 3.85. The quantitative estimate of drug-likeness (QED) is 0.577. The monoisotopic (exact) mass is 383 g/mol. The zero-order valence-corrected chi connectivity index (χ0v) is 16.9. The Hall–Kier alpha value is -2.47. The molecule has 0 unspecified atom stereocenters. The van der Waals surface area contributed by atoms with E-state index in [2.05, 4.69) is 9.97 Å². The highest BCUT2D eigenvalue weighted by molar-refractivity contribution is 7.99. The summed E-state index contributed by atoms with van der Waals surface area (Å²) < 4.78 is 5.86. The van der Waals surface area contributed by atoms with Gasteiger partial charge < -0.3 is 14.6 Å². The van der Waals surface area contributed by atoms with Gasteiger partial charge in [0.05, 0.1) is 16.8 Å². The van der Waals surface area contributed by atoms with Gasteiger partial charge in [0, 0.05) is 18.2 Å². The number of ether oxygens (including phenoxy) is 1. The third-order valence-electron chi connectivity index (χ3n) is 4.14. The smallest absolute Gasteiger partial charge is 0.233 e. The molecule has 27 heavy (non-hydrogen) atoms. The molecular weight excluding hydrogens is 358 g/mol. The average Bonchev–Trinajstić information content (AvgIpc) is 3.02. The Morgan fingerprint density at radius 3 is 2.44 bits per heavy atom. The first-order valence-electron chi connectivity index (χ1n) is 9.10. The zero-order chi connectivity index (χ0) is 19.4. The summed E-state index contributed by atoms with van der Waals surface area (Å²) in [5, 5.41) is 0.739. The first-order valence-corrected chi connectivity index (χ1v) is 10.1. The first kappa shape index (κ1) is 19.3. The number of imidazole rings is 1. The lowest BCUT2D eigenvalue weighted by atomic mass is 10.2. The highest BCUT2D eigenvalue weighted by atomic mass is 32.2. The second-order valence-corrected chi connectivity index (χ2v) is 7.88. The van der Waals surface area contributed by atoms with Crippen LogP contribution in [0.15, 0.2) is 53.7 Å². The number of carbonyl (C=O) groups excluding carboxylic acids is 1. The minimum atomic E-state index is 0.124. The molecule has 0 radical (unpaired) electrons. The van der Waals surface area contributed by atoms with E-state index in [1.54, 1.807) is 0 Å². The number of nitrogens with one attached hydrogen (secondary N) is 1. The molecule has 0 spiro atoms. The van der Waals surface area contributed by atoms with Gasteiger partial charge in [-0.2, -0.15) is 0 Å². The van der Waals surface area contributed by atoms with E-state index in [1.165, 1.54) is 11.8 Å². The number of H-pyrrole nitrogens is 1. The summed E-state index contributed by atoms with van der Waals surface area (Å²) in [5.74, 6) is 2.03. The molecule has 3 rings (SSSR count). The minimum Gasteiger partial charge on any atom is -0.457 e. The lowest BCUT2D eigenvalue weighted by Gasteiger charge is -2.30. The van der Waals surface area contributed by atoms with E-state index in [1.807, 2.05) is 81.1 Å². The Bertz CT molecular complexity index is 898. The van der Waals surface area contributed by atoms with Gasteiger partial charge in [-0.25, -0.2) is 4.98 Å². The Morgan fingerprint density at radius 1 is 1.07 bits per heavy atom. The molecule has 0 aliphatic carbocycles. The number of nitrogens with zero attached hydrogens (tertiary/aromatic N) is 2. The van der Waals surface area contributed by atoms with E-state index in [0.717, 1.165) is 27.7 Å². The summed E-state index contributed by atoms with van der Waals surface area (Å²) in [4.78, 5) is 22.3. The van der Waals surface area contributed by atoms with Crippen LogP contribution < -0.4 is 4.74 Å². The van der Waals surface area contributed by atoms with Crippen LogP contribution in [0, 0.1) is 0 Å². The number of aromatic nitrogens is 2. The van der Waals surface area contributed by atoms with Crippen molar-refractivity contribution in [3.05, 3.63) is 48.5 Å². The van der Waals surface area contributed by atoms with Gasteiger partial charge in [0.25, 0.3) is 0 Å². The van der Waals surface area contributed by atoms with Gasteiger partial charge >= 0.3 is 0 Å². The minimum absolute atomic E-state index is 0.124. The molecule has 0 aliphatic rings. The van der Waals surface area contributed by atoms with Crippen LogP contribution in [0.1, 0.15) is 27.7 Å². The van der Waals surface area contributed by atoms with Crippen LogP contribution in [0.4, 0.5) is 0 Å². The Kier molecular flexibility index (Phi) is 6.06. The molecule has 2 aromatic carbocycles. The van der Waals surface area contributed by atoms with Crippen molar-refractivity contribution in [1.29, 1.82) is 0 Å². The number of para-hydroxylation sites is 1. The van der Waals surface area contributed by atoms with Gasteiger partial charge in [0.1, 0.15) is 11.5 Å². The Labute approximate surface area is 164 Å². The predicted molar refractivity (Wildman–Crippen MR) is 110 cm³/mol. The molecule has 0 bridgehead atoms. The lowest BCUT2D eigenvalue weighted by Crippen LogP contribution is -2.43. The standard InChI is InChI=1S/C21H25N3O2S/c1-14(2)24(15(3)4)20(25)13-27-21-22-18-11-10-17(12-19(18)23-21)26-16-8-6-5-7-9-16/h5-12,14-15H,13H2,1-4H3,(H,22,23). The first-order chi connectivity index (χ1) is 12.9. The summed E-state index contributed by atoms with van der Waals surface area (Å²) >= 11 is 1.43. The van der Waals surface area contributed by atoms with Gasteiger partial charge in [-0.1, -0.05) is 30.0 Å². The molecule has 0 aliphatic heterocycles. The maximum Gasteiger partial charge on any atom is 0.233 e. The van der Waals surface area contributed by atoms with Gasteiger partial charge in [-0.3, -0.25) is 4.79 Å². The van der Waals surface area contributed by atoms with Crippen LogP contribution in [0.2, 0.25) is 0 Å². The van der Waals surface area contributed by atoms with Crippen molar-refractivity contribution in [3.8, 4) is 11.5 Å². The summed E-state index contributed by atoms with van der Waals surface area (Å²) in [6.07, 6.45) is 0. The molecular formula is C21H25N3O2S. The highest BCUT2D eigenvalue weighted by Crippen LogP contribution is 2.26. The summed E-state index contributed by atoms with van der Waals surface area (Å²) in [6.45, 7) is 8.16. The molecule has 5 nitrogen and oxygen atoms in total. The summed E-state index contributed by atoms with van der Waals surface area (Å²) in [6, 6.07) is 15.8. The van der Waals surface area contributed by atoms with Crippen LogP contribution in [0.25, 0.3) is 11.0 Å². The van der Waals surface area contributed by atoms with Crippen molar-refractivity contribution in [2.45, 2.75) is 44.9 Å². The molecule has 0 saturated heterocycles. The van der Waals surface area contributed by atoms with Gasteiger partial charge in [-0.05, 0) is 52.0 Å². The fourth-order valence-electron chi connectivity index (χ4n) is 3.10. The number of fused-ring (bicyclic) bond motifs is 1. The SMILES string of the molecule is CC(C)N(C(=O)CSc1nc2ccc(Oc3ccccc3)cc2[nH]1)C(C)C. The fraction of sp³-hybridized carbons (Fsp3) is 0.333. The van der Waals surface area contributed by atoms with Crippen LogP contribution in [-0.4, -0.2) is 38.6 Å². The van der Waals surface area contributed by atoms with Crippen molar-refractivity contribution in [1.82, 2.24) is 14.9 Å². The zero-order valence-electron chi connectivity index (χ0n) is 16.1. The largest absolute Gasteiger partial charge is 0.457 e. The topological polar surface area (TPSA) is 58.2 Å². The van der Waals surface area contributed by atoms with Crippen LogP contribution >= 0.6 is 11.8 Å². The maximum absolute atomic E-state index is 12.5. The molecule has 3 aromatic rings. The summed E-state index contributed by atoms with van der Waals surface area (Å²) in [7, 11) is 0. The molecule has 142 valence electrons. The number of thioether (sulfide) groups is 1. The molecule has 0 saturated carbocycles. The third kappa shape index (κ3) is 4.83. The van der Waals surface area contributed by atoms with E-state index in [-0.39, 0.29) is 18.0 Å². The maximum atomic E-state index is 12.5. The van der Waals surface area contributed by atoms with Crippen molar-refractivity contribution in [3.63, 3.8) is 0 Å². The molecule has 0 fully saturated rings. The molecule has 0 atom stereocenters. The number of aromatic amines is 1. The van der Waals surface area contributed by atoms with Crippen LogP contribution in [0.3, 0.4) is 0 Å². The molecule has 6 heteroatoms. The van der Waals surface area contributed by atoms with Crippen molar-refractivity contribution in [2.75, 3.05) is 5.75 Å². The number of rotatable bonds is 7. The van der Waals surface area contributed by atoms with Crippen LogP contribution in [-0.2, 0) is 4.79 Å². The molecule has 1 aromatic heterocycles. The Morgan fingerprint density at radius 2 is 1.78 bits per heavy atom. The number of benzene rings is 2. The van der Waals surface area contributed by atoms with Gasteiger partial charge in [-0.15, -0.1) is 0 Å². The van der Waals surface area contributed by atoms with Gasteiger partial charge in [0.15, 0.2) is 5.16 Å². The number of hydrogen-bond acceptors (Lipinski definition) is 4. The molecule has 1 amide bonds. The second-order valence-electron chi connectivity index (χ2n) is 6.91. The number of carbonyl (C=O) groups is 1. The van der Waals surface area contributed by atoms with E-state index < -0.39 is 0 Å². The predicted octanol–water partition coefficient (Wildman–Crippen LogP) is 5.09. The van der Waals surface area contributed by atoms with Gasteiger partial charge in [0.2, 0.25) is 5.91 Å². The third-order valence-corrected chi connectivity index (χ3v) is 5.00. The van der Waals surface area contributed by atoms with Crippen molar-refractivity contribution in [2.24, 2.45) is 0 Å². The van der Waals surface area contributed by atoms with Crippen LogP contribution in [0.5, 0.6) is 11.5 Å². The Balaban J connectivity index is 1.68. The van der Waals surface area contributed by atoms with Crippen molar-refractivity contribution < 1.29 is 9.53 Å². The number of hydrogen-bond donors (Lipinski definition) is 1. The van der Waals surface area contributed by atoms with E-state index >= 15 is 0 Å². The molecule has 1 N–H and O–H groups in total. The number of amides is 1. The van der Waals surface area contributed by atoms with E-state index in [0.29, 0.717) is 5.75 Å². The summed E-state index contributed by atoms with van der Waals surface area (Å²) in [5.41, 5.74) is 1.75. The highest BCUT2D eigenvalue weighted by Gasteiger charge is 2.20. The van der Waals surface area contributed by atoms with Crippen molar-refractivity contribution >= 4 is 28.7 Å². The lowest BCUT2D eigenvalue weighted by molar-refractivity contribution is -0.131. The normalized spacial score (nSPS) is 11.3. The second kappa shape index (κ2) is 8.48. The van der Waals surface area contributed by atoms with E-state index in [4.69, 9.17) is 4.74 Å². The van der Waals surface area contributed by atoms with E-state index in [9.17, 15) is 4.79 Å².